The largest absolute Gasteiger partial charge is 0.444 e. The molecular formula is C20H27N5O3. The van der Waals surface area contributed by atoms with Crippen LogP contribution in [0.5, 0.6) is 0 Å². The number of hydrogen-bond acceptors (Lipinski definition) is 7. The zero-order chi connectivity index (χ0) is 20.5. The van der Waals surface area contributed by atoms with Crippen LogP contribution in [0.2, 0.25) is 0 Å². The van der Waals surface area contributed by atoms with Crippen LogP contribution in [0.15, 0.2) is 24.5 Å². The average molecular weight is 385 g/mol. The number of fused-ring (bicyclic) bond motifs is 1. The van der Waals surface area contributed by atoms with E-state index in [0.717, 1.165) is 16.9 Å². The maximum absolute atomic E-state index is 12.3. The summed E-state index contributed by atoms with van der Waals surface area (Å²) in [6.45, 7) is 9.88. The topological polar surface area (TPSA) is 100 Å². The monoisotopic (exact) mass is 385 g/mol. The predicted molar refractivity (Wildman–Crippen MR) is 105 cm³/mol. The molecule has 1 aliphatic rings. The minimum atomic E-state index is -1.04. The number of carbonyl (C=O) groups excluding carboxylic acids is 1. The van der Waals surface area contributed by atoms with Gasteiger partial charge in [0, 0.05) is 24.6 Å². The van der Waals surface area contributed by atoms with Crippen LogP contribution in [0.1, 0.15) is 51.6 Å². The molecule has 0 atom stereocenters. The molecule has 0 saturated carbocycles. The lowest BCUT2D eigenvalue weighted by Crippen LogP contribution is -2.40. The molecule has 3 rings (SSSR count). The molecule has 2 aromatic heterocycles. The maximum atomic E-state index is 12.3. The van der Waals surface area contributed by atoms with Gasteiger partial charge in [0.05, 0.1) is 17.9 Å². The lowest BCUT2D eigenvalue weighted by molar-refractivity contribution is 0.0220. The Morgan fingerprint density at radius 3 is 2.68 bits per heavy atom. The second-order valence-corrected chi connectivity index (χ2v) is 8.43. The third-order valence-corrected chi connectivity index (χ3v) is 4.24. The molecule has 8 heteroatoms. The van der Waals surface area contributed by atoms with Gasteiger partial charge in [-0.05, 0) is 58.7 Å². The Morgan fingerprint density at radius 2 is 2.00 bits per heavy atom. The third kappa shape index (κ3) is 4.95. The molecule has 0 aliphatic carbocycles. The Morgan fingerprint density at radius 1 is 1.25 bits per heavy atom. The second-order valence-electron chi connectivity index (χ2n) is 8.43. The van der Waals surface area contributed by atoms with E-state index in [2.05, 4.69) is 20.3 Å². The van der Waals surface area contributed by atoms with Crippen molar-refractivity contribution >= 4 is 17.7 Å². The van der Waals surface area contributed by atoms with Gasteiger partial charge in [-0.1, -0.05) is 0 Å². The lowest BCUT2D eigenvalue weighted by atomic mass is 10.0. The Bertz CT molecular complexity index is 871. The quantitative estimate of drug-likeness (QED) is 0.837. The summed E-state index contributed by atoms with van der Waals surface area (Å²) in [5, 5.41) is 13.3. The van der Waals surface area contributed by atoms with E-state index in [9.17, 15) is 9.90 Å². The molecule has 150 valence electrons. The molecule has 0 fully saturated rings. The molecule has 8 nitrogen and oxygen atoms in total. The van der Waals surface area contributed by atoms with E-state index in [0.29, 0.717) is 31.2 Å². The SMILES string of the molecule is CC(C)(C)OC(=O)N1CCc2cnc(Nc3ccnc(C(C)(C)O)c3)nc2C1. The van der Waals surface area contributed by atoms with Crippen molar-refractivity contribution in [2.75, 3.05) is 11.9 Å². The number of ether oxygens (including phenoxy) is 1. The first-order chi connectivity index (χ1) is 13.0. The fourth-order valence-corrected chi connectivity index (χ4v) is 2.82. The molecular weight excluding hydrogens is 358 g/mol. The van der Waals surface area contributed by atoms with Crippen LogP contribution in [-0.4, -0.2) is 43.2 Å². The van der Waals surface area contributed by atoms with Gasteiger partial charge in [-0.3, -0.25) is 4.98 Å². The first-order valence-electron chi connectivity index (χ1n) is 9.30. The van der Waals surface area contributed by atoms with Gasteiger partial charge in [-0.2, -0.15) is 0 Å². The van der Waals surface area contributed by atoms with E-state index < -0.39 is 11.2 Å². The van der Waals surface area contributed by atoms with Gasteiger partial charge in [-0.25, -0.2) is 14.8 Å². The zero-order valence-corrected chi connectivity index (χ0v) is 17.0. The van der Waals surface area contributed by atoms with Gasteiger partial charge in [-0.15, -0.1) is 0 Å². The normalized spacial score (nSPS) is 14.4. The number of anilines is 2. The molecule has 0 saturated heterocycles. The van der Waals surface area contributed by atoms with Crippen molar-refractivity contribution in [1.29, 1.82) is 0 Å². The molecule has 2 aromatic rings. The zero-order valence-electron chi connectivity index (χ0n) is 17.0. The Labute approximate surface area is 165 Å². The molecule has 2 N–H and O–H groups in total. The van der Waals surface area contributed by atoms with Gasteiger partial charge >= 0.3 is 6.09 Å². The summed E-state index contributed by atoms with van der Waals surface area (Å²) >= 11 is 0. The summed E-state index contributed by atoms with van der Waals surface area (Å²) in [5.41, 5.74) is 1.53. The number of carbonyl (C=O) groups is 1. The number of rotatable bonds is 3. The van der Waals surface area contributed by atoms with Gasteiger partial charge in [0.2, 0.25) is 5.95 Å². The second kappa shape index (κ2) is 7.35. The standard InChI is InChI=1S/C20H27N5O3/c1-19(2,3)28-18(26)25-9-7-13-11-22-17(24-15(13)12-25)23-14-6-8-21-16(10-14)20(4,5)27/h6,8,10-11,27H,7,9,12H2,1-5H3,(H,21,22,23,24). The summed E-state index contributed by atoms with van der Waals surface area (Å²) in [5.74, 6) is 0.428. The highest BCUT2D eigenvalue weighted by Crippen LogP contribution is 2.23. The van der Waals surface area contributed by atoms with Crippen molar-refractivity contribution in [3.8, 4) is 0 Å². The summed E-state index contributed by atoms with van der Waals surface area (Å²) in [7, 11) is 0. The number of pyridine rings is 1. The number of aliphatic hydroxyl groups is 1. The molecule has 0 aromatic carbocycles. The summed E-state index contributed by atoms with van der Waals surface area (Å²) in [6.07, 6.45) is 3.76. The molecule has 3 heterocycles. The smallest absolute Gasteiger partial charge is 0.410 e. The van der Waals surface area contributed by atoms with E-state index >= 15 is 0 Å². The average Bonchev–Trinajstić information content (AvgIpc) is 2.59. The van der Waals surface area contributed by atoms with Crippen LogP contribution in [0.3, 0.4) is 0 Å². The summed E-state index contributed by atoms with van der Waals surface area (Å²) in [6, 6.07) is 3.54. The maximum Gasteiger partial charge on any atom is 0.410 e. The van der Waals surface area contributed by atoms with Crippen molar-refractivity contribution in [1.82, 2.24) is 19.9 Å². The molecule has 1 aliphatic heterocycles. The highest BCUT2D eigenvalue weighted by Gasteiger charge is 2.27. The molecule has 28 heavy (non-hydrogen) atoms. The molecule has 0 unspecified atom stereocenters. The fraction of sp³-hybridized carbons (Fsp3) is 0.500. The Hall–Kier alpha value is -2.74. The van der Waals surface area contributed by atoms with Crippen molar-refractivity contribution in [3.05, 3.63) is 41.5 Å². The van der Waals surface area contributed by atoms with E-state index in [1.165, 1.54) is 0 Å². The van der Waals surface area contributed by atoms with E-state index in [1.54, 1.807) is 43.3 Å². The minimum absolute atomic E-state index is 0.338. The summed E-state index contributed by atoms with van der Waals surface area (Å²) < 4.78 is 5.46. The van der Waals surface area contributed by atoms with Crippen LogP contribution in [-0.2, 0) is 23.3 Å². The summed E-state index contributed by atoms with van der Waals surface area (Å²) in [4.78, 5) is 27.1. The number of hydrogen-bond donors (Lipinski definition) is 2. The van der Waals surface area contributed by atoms with E-state index in [-0.39, 0.29) is 6.09 Å². The molecule has 0 spiro atoms. The van der Waals surface area contributed by atoms with Crippen molar-refractivity contribution in [3.63, 3.8) is 0 Å². The molecule has 1 amide bonds. The fourth-order valence-electron chi connectivity index (χ4n) is 2.82. The van der Waals surface area contributed by atoms with Crippen LogP contribution in [0, 0.1) is 0 Å². The van der Waals surface area contributed by atoms with Crippen LogP contribution in [0.25, 0.3) is 0 Å². The Kier molecular flexibility index (Phi) is 5.25. The highest BCUT2D eigenvalue weighted by molar-refractivity contribution is 5.68. The van der Waals surface area contributed by atoms with Gasteiger partial charge in [0.25, 0.3) is 0 Å². The van der Waals surface area contributed by atoms with Crippen LogP contribution >= 0.6 is 0 Å². The minimum Gasteiger partial charge on any atom is -0.444 e. The number of aromatic nitrogens is 3. The first kappa shape index (κ1) is 20.0. The van der Waals surface area contributed by atoms with Crippen LogP contribution in [0.4, 0.5) is 16.4 Å². The first-order valence-corrected chi connectivity index (χ1v) is 9.30. The van der Waals surface area contributed by atoms with Crippen molar-refractivity contribution < 1.29 is 14.6 Å². The predicted octanol–water partition coefficient (Wildman–Crippen LogP) is 3.14. The van der Waals surface area contributed by atoms with E-state index in [4.69, 9.17) is 4.74 Å². The lowest BCUT2D eigenvalue weighted by Gasteiger charge is -2.30. The number of nitrogens with one attached hydrogen (secondary N) is 1. The van der Waals surface area contributed by atoms with Crippen molar-refractivity contribution in [2.45, 2.75) is 58.8 Å². The number of nitrogens with zero attached hydrogens (tertiary/aromatic N) is 4. The van der Waals surface area contributed by atoms with E-state index in [1.807, 2.05) is 20.8 Å². The molecule has 0 bridgehead atoms. The van der Waals surface area contributed by atoms with Gasteiger partial charge in [0.1, 0.15) is 11.2 Å². The number of amides is 1. The van der Waals surface area contributed by atoms with Crippen LogP contribution < -0.4 is 5.32 Å². The van der Waals surface area contributed by atoms with Crippen molar-refractivity contribution in [2.24, 2.45) is 0 Å². The Balaban J connectivity index is 1.75. The highest BCUT2D eigenvalue weighted by atomic mass is 16.6. The van der Waals surface area contributed by atoms with Gasteiger partial charge in [0.15, 0.2) is 0 Å². The third-order valence-electron chi connectivity index (χ3n) is 4.24. The van der Waals surface area contributed by atoms with Gasteiger partial charge < -0.3 is 20.1 Å². The molecule has 0 radical (unpaired) electrons.